The van der Waals surface area contributed by atoms with Crippen molar-refractivity contribution in [2.24, 2.45) is 0 Å². The van der Waals surface area contributed by atoms with Crippen LogP contribution >= 0.6 is 11.6 Å². The van der Waals surface area contributed by atoms with E-state index in [0.29, 0.717) is 25.6 Å². The number of hydrogen-bond acceptors (Lipinski definition) is 3. The SMILES string of the molecule is O=C1CCCN1CC(O)CN1CCCC1c1cccc(Cl)c1. The molecular formula is C17H23ClN2O2. The van der Waals surface area contributed by atoms with Crippen molar-refractivity contribution in [2.75, 3.05) is 26.2 Å². The van der Waals surface area contributed by atoms with Crippen LogP contribution in [0, 0.1) is 0 Å². The van der Waals surface area contributed by atoms with Crippen LogP contribution in [0.2, 0.25) is 5.02 Å². The Morgan fingerprint density at radius 1 is 1.27 bits per heavy atom. The van der Waals surface area contributed by atoms with E-state index < -0.39 is 6.10 Å². The lowest BCUT2D eigenvalue weighted by Gasteiger charge is -2.29. The second-order valence-corrected chi connectivity index (χ2v) is 6.74. The molecule has 4 nitrogen and oxygen atoms in total. The highest BCUT2D eigenvalue weighted by molar-refractivity contribution is 6.30. The highest BCUT2D eigenvalue weighted by Crippen LogP contribution is 2.33. The van der Waals surface area contributed by atoms with Gasteiger partial charge in [-0.25, -0.2) is 0 Å². The monoisotopic (exact) mass is 322 g/mol. The van der Waals surface area contributed by atoms with E-state index in [2.05, 4.69) is 11.0 Å². The van der Waals surface area contributed by atoms with E-state index in [0.717, 1.165) is 37.4 Å². The number of likely N-dealkylation sites (tertiary alicyclic amines) is 2. The smallest absolute Gasteiger partial charge is 0.222 e. The van der Waals surface area contributed by atoms with Crippen molar-refractivity contribution in [1.82, 2.24) is 9.80 Å². The molecule has 1 amide bonds. The molecule has 0 spiro atoms. The minimum Gasteiger partial charge on any atom is -0.390 e. The second kappa shape index (κ2) is 6.99. The van der Waals surface area contributed by atoms with Gasteiger partial charge in [0.1, 0.15) is 0 Å². The predicted molar refractivity (Wildman–Crippen MR) is 86.8 cm³/mol. The van der Waals surface area contributed by atoms with E-state index in [9.17, 15) is 9.90 Å². The van der Waals surface area contributed by atoms with Crippen LogP contribution in [-0.2, 0) is 4.79 Å². The maximum Gasteiger partial charge on any atom is 0.222 e. The summed E-state index contributed by atoms with van der Waals surface area (Å²) in [5.41, 5.74) is 1.22. The van der Waals surface area contributed by atoms with E-state index >= 15 is 0 Å². The molecule has 1 N–H and O–H groups in total. The van der Waals surface area contributed by atoms with Gasteiger partial charge in [-0.15, -0.1) is 0 Å². The van der Waals surface area contributed by atoms with Gasteiger partial charge in [-0.2, -0.15) is 0 Å². The van der Waals surface area contributed by atoms with E-state index in [1.165, 1.54) is 5.56 Å². The second-order valence-electron chi connectivity index (χ2n) is 6.31. The molecule has 2 aliphatic heterocycles. The predicted octanol–water partition coefficient (Wildman–Crippen LogP) is 2.46. The number of aliphatic hydroxyl groups is 1. The highest BCUT2D eigenvalue weighted by atomic mass is 35.5. The number of hydrogen-bond donors (Lipinski definition) is 1. The summed E-state index contributed by atoms with van der Waals surface area (Å²) in [6, 6.07) is 8.31. The maximum atomic E-state index is 11.7. The Kier molecular flexibility index (Phi) is 5.01. The van der Waals surface area contributed by atoms with Gasteiger partial charge in [0.15, 0.2) is 0 Å². The third kappa shape index (κ3) is 3.62. The Morgan fingerprint density at radius 2 is 2.14 bits per heavy atom. The zero-order valence-electron chi connectivity index (χ0n) is 12.7. The van der Waals surface area contributed by atoms with Gasteiger partial charge in [0.05, 0.1) is 6.10 Å². The molecule has 0 bridgehead atoms. The first-order chi connectivity index (χ1) is 10.6. The summed E-state index contributed by atoms with van der Waals surface area (Å²) in [7, 11) is 0. The minimum atomic E-state index is -0.484. The molecule has 0 radical (unpaired) electrons. The molecular weight excluding hydrogens is 300 g/mol. The summed E-state index contributed by atoms with van der Waals surface area (Å²) in [5, 5.41) is 11.1. The fourth-order valence-corrected chi connectivity index (χ4v) is 3.81. The van der Waals surface area contributed by atoms with Crippen LogP contribution in [0.15, 0.2) is 24.3 Å². The number of benzene rings is 1. The van der Waals surface area contributed by atoms with Gasteiger partial charge in [0.25, 0.3) is 0 Å². The van der Waals surface area contributed by atoms with E-state index in [-0.39, 0.29) is 5.91 Å². The summed E-state index contributed by atoms with van der Waals surface area (Å²) >= 11 is 6.09. The van der Waals surface area contributed by atoms with Crippen LogP contribution in [0.4, 0.5) is 0 Å². The van der Waals surface area contributed by atoms with Gasteiger partial charge in [0, 0.05) is 37.1 Å². The number of nitrogens with zero attached hydrogens (tertiary/aromatic N) is 2. The normalized spacial score (nSPS) is 24.2. The van der Waals surface area contributed by atoms with E-state index in [1.807, 2.05) is 18.2 Å². The number of amides is 1. The first-order valence-electron chi connectivity index (χ1n) is 8.09. The van der Waals surface area contributed by atoms with Crippen molar-refractivity contribution < 1.29 is 9.90 Å². The fraction of sp³-hybridized carbons (Fsp3) is 0.588. The molecule has 0 aromatic heterocycles. The van der Waals surface area contributed by atoms with Gasteiger partial charge in [0.2, 0.25) is 5.91 Å². The van der Waals surface area contributed by atoms with Crippen molar-refractivity contribution in [1.29, 1.82) is 0 Å². The van der Waals surface area contributed by atoms with Crippen LogP contribution < -0.4 is 0 Å². The Labute approximate surface area is 136 Å². The highest BCUT2D eigenvalue weighted by Gasteiger charge is 2.29. The molecule has 2 heterocycles. The van der Waals surface area contributed by atoms with Crippen molar-refractivity contribution in [3.63, 3.8) is 0 Å². The largest absolute Gasteiger partial charge is 0.390 e. The molecule has 2 fully saturated rings. The van der Waals surface area contributed by atoms with Crippen LogP contribution in [-0.4, -0.2) is 53.1 Å². The molecule has 1 aromatic rings. The van der Waals surface area contributed by atoms with Gasteiger partial charge in [-0.3, -0.25) is 9.69 Å². The number of halogens is 1. The molecule has 2 unspecified atom stereocenters. The van der Waals surface area contributed by atoms with E-state index in [1.54, 1.807) is 4.90 Å². The Bertz CT molecular complexity index is 537. The average Bonchev–Trinajstić information content (AvgIpc) is 3.09. The summed E-state index contributed by atoms with van der Waals surface area (Å²) < 4.78 is 0. The Morgan fingerprint density at radius 3 is 2.86 bits per heavy atom. The average molecular weight is 323 g/mol. The minimum absolute atomic E-state index is 0.173. The molecule has 22 heavy (non-hydrogen) atoms. The van der Waals surface area contributed by atoms with Gasteiger partial charge in [-0.05, 0) is 43.5 Å². The lowest BCUT2D eigenvalue weighted by Crippen LogP contribution is -2.40. The molecule has 2 saturated heterocycles. The molecule has 2 atom stereocenters. The lowest BCUT2D eigenvalue weighted by molar-refractivity contribution is -0.129. The van der Waals surface area contributed by atoms with E-state index in [4.69, 9.17) is 11.6 Å². The van der Waals surface area contributed by atoms with Crippen LogP contribution in [0.1, 0.15) is 37.3 Å². The summed E-state index contributed by atoms with van der Waals surface area (Å²) in [6.07, 6.45) is 3.28. The number of rotatable bonds is 5. The zero-order chi connectivity index (χ0) is 15.5. The molecule has 1 aromatic carbocycles. The molecule has 2 aliphatic rings. The van der Waals surface area contributed by atoms with Gasteiger partial charge in [-0.1, -0.05) is 23.7 Å². The Hall–Kier alpha value is -1.10. The summed E-state index contributed by atoms with van der Waals surface area (Å²) in [4.78, 5) is 15.8. The van der Waals surface area contributed by atoms with Gasteiger partial charge >= 0.3 is 0 Å². The molecule has 0 aliphatic carbocycles. The molecule has 0 saturated carbocycles. The molecule has 120 valence electrons. The standard InChI is InChI=1S/C17H23ClN2O2/c18-14-5-1-4-13(10-14)16-6-2-8-19(16)11-15(21)12-20-9-3-7-17(20)22/h1,4-5,10,15-16,21H,2-3,6-9,11-12H2. The Balaban J connectivity index is 1.60. The third-order valence-electron chi connectivity index (χ3n) is 4.64. The summed E-state index contributed by atoms with van der Waals surface area (Å²) in [5.74, 6) is 0.173. The number of carbonyl (C=O) groups excluding carboxylic acids is 1. The lowest BCUT2D eigenvalue weighted by atomic mass is 10.0. The number of β-amino-alcohol motifs (C(OH)–C–C–N with tert-alkyl or cyclic N) is 1. The molecule has 3 rings (SSSR count). The first-order valence-corrected chi connectivity index (χ1v) is 8.46. The van der Waals surface area contributed by atoms with Crippen molar-refractivity contribution in [3.05, 3.63) is 34.9 Å². The number of carbonyl (C=O) groups is 1. The summed E-state index contributed by atoms with van der Waals surface area (Å²) in [6.45, 7) is 2.84. The maximum absolute atomic E-state index is 11.7. The van der Waals surface area contributed by atoms with Gasteiger partial charge < -0.3 is 10.0 Å². The zero-order valence-corrected chi connectivity index (χ0v) is 13.5. The third-order valence-corrected chi connectivity index (χ3v) is 4.88. The van der Waals surface area contributed by atoms with Crippen molar-refractivity contribution in [2.45, 2.75) is 37.8 Å². The molecule has 5 heteroatoms. The quantitative estimate of drug-likeness (QED) is 0.905. The number of aliphatic hydroxyl groups excluding tert-OH is 1. The van der Waals surface area contributed by atoms with Crippen LogP contribution in [0.5, 0.6) is 0 Å². The van der Waals surface area contributed by atoms with Crippen molar-refractivity contribution in [3.8, 4) is 0 Å². The first kappa shape index (κ1) is 15.8. The topological polar surface area (TPSA) is 43.8 Å². The fourth-order valence-electron chi connectivity index (χ4n) is 3.62. The van der Waals surface area contributed by atoms with Crippen LogP contribution in [0.25, 0.3) is 0 Å². The van der Waals surface area contributed by atoms with Crippen LogP contribution in [0.3, 0.4) is 0 Å². The van der Waals surface area contributed by atoms with Crippen molar-refractivity contribution >= 4 is 17.5 Å².